The van der Waals surface area contributed by atoms with Gasteiger partial charge >= 0.3 is 0 Å². The summed E-state index contributed by atoms with van der Waals surface area (Å²) in [5, 5.41) is 1.98. The third-order valence-electron chi connectivity index (χ3n) is 4.03. The molecule has 1 aliphatic heterocycles. The first-order chi connectivity index (χ1) is 12.3. The average Bonchev–Trinajstić information content (AvgIpc) is 2.84. The van der Waals surface area contributed by atoms with Gasteiger partial charge in [0, 0.05) is 0 Å². The SMILES string of the molecule is CC.CCCC(C(=O)NC=O)N1C(=O)c2cc(F)c(C(C)C)cc2C1=O. The highest BCUT2D eigenvalue weighted by molar-refractivity contribution is 6.23. The van der Waals surface area contributed by atoms with E-state index >= 15 is 0 Å². The summed E-state index contributed by atoms with van der Waals surface area (Å²) in [6.07, 6.45) is 0.945. The molecular weight excluding hydrogens is 339 g/mol. The quantitative estimate of drug-likeness (QED) is 0.621. The van der Waals surface area contributed by atoms with Crippen molar-refractivity contribution in [3.8, 4) is 0 Å². The molecule has 1 N–H and O–H groups in total. The normalized spacial score (nSPS) is 13.9. The van der Waals surface area contributed by atoms with Crippen LogP contribution in [0.5, 0.6) is 0 Å². The first-order valence-corrected chi connectivity index (χ1v) is 8.78. The van der Waals surface area contributed by atoms with Crippen molar-refractivity contribution in [1.29, 1.82) is 0 Å². The second-order valence-corrected chi connectivity index (χ2v) is 5.99. The van der Waals surface area contributed by atoms with Crippen molar-refractivity contribution in [3.05, 3.63) is 34.6 Å². The number of hydrogen-bond acceptors (Lipinski definition) is 4. The number of benzene rings is 1. The first-order valence-electron chi connectivity index (χ1n) is 8.78. The number of nitrogens with one attached hydrogen (secondary N) is 1. The molecule has 0 saturated heterocycles. The maximum Gasteiger partial charge on any atom is 0.262 e. The van der Waals surface area contributed by atoms with Gasteiger partial charge in [0.2, 0.25) is 12.3 Å². The Morgan fingerprint density at radius 3 is 2.19 bits per heavy atom. The van der Waals surface area contributed by atoms with Gasteiger partial charge in [0.05, 0.1) is 11.1 Å². The van der Waals surface area contributed by atoms with Gasteiger partial charge in [0.25, 0.3) is 11.8 Å². The minimum atomic E-state index is -1.10. The standard InChI is InChI=1S/C17H19FN2O4.C2H6/c1-4-5-14(15(22)19-8-21)20-16(23)11-6-10(9(2)3)13(18)7-12(11)17(20)24;1-2/h6-9,14H,4-5H2,1-3H3,(H,19,21,22);1-2H3. The number of carbonyl (C=O) groups excluding carboxylic acids is 4. The second-order valence-electron chi connectivity index (χ2n) is 5.99. The van der Waals surface area contributed by atoms with Gasteiger partial charge in [-0.05, 0) is 30.0 Å². The van der Waals surface area contributed by atoms with Gasteiger partial charge in [-0.1, -0.05) is 41.0 Å². The highest BCUT2D eigenvalue weighted by Crippen LogP contribution is 2.31. The molecule has 2 rings (SSSR count). The van der Waals surface area contributed by atoms with E-state index in [1.807, 2.05) is 19.2 Å². The van der Waals surface area contributed by atoms with Crippen LogP contribution in [0.2, 0.25) is 0 Å². The number of rotatable bonds is 6. The zero-order chi connectivity index (χ0) is 20.0. The van der Waals surface area contributed by atoms with Crippen molar-refractivity contribution in [3.63, 3.8) is 0 Å². The molecule has 7 heteroatoms. The summed E-state index contributed by atoms with van der Waals surface area (Å²) >= 11 is 0. The number of halogens is 1. The second kappa shape index (κ2) is 9.22. The summed E-state index contributed by atoms with van der Waals surface area (Å²) in [6.45, 7) is 9.35. The number of nitrogens with zero attached hydrogens (tertiary/aromatic N) is 1. The van der Waals surface area contributed by atoms with Crippen LogP contribution in [0.1, 0.15) is 79.7 Å². The molecule has 0 aliphatic carbocycles. The van der Waals surface area contributed by atoms with Crippen LogP contribution in [0, 0.1) is 5.82 Å². The Morgan fingerprint density at radius 1 is 1.19 bits per heavy atom. The van der Waals surface area contributed by atoms with Gasteiger partial charge in [-0.2, -0.15) is 0 Å². The van der Waals surface area contributed by atoms with Gasteiger partial charge in [-0.25, -0.2) is 4.39 Å². The smallest absolute Gasteiger partial charge is 0.262 e. The van der Waals surface area contributed by atoms with Crippen molar-refractivity contribution in [2.75, 3.05) is 0 Å². The van der Waals surface area contributed by atoms with Crippen LogP contribution < -0.4 is 5.32 Å². The zero-order valence-electron chi connectivity index (χ0n) is 15.8. The highest BCUT2D eigenvalue weighted by Gasteiger charge is 2.43. The minimum absolute atomic E-state index is 0.0538. The van der Waals surface area contributed by atoms with Crippen molar-refractivity contribution >= 4 is 24.1 Å². The summed E-state index contributed by atoms with van der Waals surface area (Å²) in [6, 6.07) is 1.32. The summed E-state index contributed by atoms with van der Waals surface area (Å²) in [5.74, 6) is -2.81. The predicted octanol–water partition coefficient (Wildman–Crippen LogP) is 3.01. The minimum Gasteiger partial charge on any atom is -0.297 e. The fourth-order valence-electron chi connectivity index (χ4n) is 2.83. The largest absolute Gasteiger partial charge is 0.297 e. The van der Waals surface area contributed by atoms with Gasteiger partial charge in [0.1, 0.15) is 11.9 Å². The van der Waals surface area contributed by atoms with Gasteiger partial charge < -0.3 is 0 Å². The lowest BCUT2D eigenvalue weighted by Crippen LogP contribution is -2.49. The lowest BCUT2D eigenvalue weighted by atomic mass is 9.97. The predicted molar refractivity (Wildman–Crippen MR) is 95.2 cm³/mol. The van der Waals surface area contributed by atoms with Crippen LogP contribution in [-0.2, 0) is 9.59 Å². The molecule has 0 spiro atoms. The van der Waals surface area contributed by atoms with Crippen molar-refractivity contribution < 1.29 is 23.6 Å². The van der Waals surface area contributed by atoms with Crippen molar-refractivity contribution in [2.24, 2.45) is 0 Å². The zero-order valence-corrected chi connectivity index (χ0v) is 15.8. The summed E-state index contributed by atoms with van der Waals surface area (Å²) in [7, 11) is 0. The summed E-state index contributed by atoms with van der Waals surface area (Å²) < 4.78 is 14.1. The number of imide groups is 2. The van der Waals surface area contributed by atoms with Crippen LogP contribution in [0.25, 0.3) is 0 Å². The summed E-state index contributed by atoms with van der Waals surface area (Å²) in [4.78, 5) is 48.5. The molecule has 142 valence electrons. The number of hydrogen-bond donors (Lipinski definition) is 1. The molecule has 0 radical (unpaired) electrons. The molecule has 26 heavy (non-hydrogen) atoms. The maximum absolute atomic E-state index is 14.1. The average molecular weight is 364 g/mol. The van der Waals surface area contributed by atoms with E-state index in [1.54, 1.807) is 20.8 Å². The van der Waals surface area contributed by atoms with Gasteiger partial charge in [-0.15, -0.1) is 0 Å². The molecule has 1 unspecified atom stereocenters. The number of amides is 4. The Labute approximate surface area is 152 Å². The molecule has 1 atom stereocenters. The lowest BCUT2D eigenvalue weighted by molar-refractivity contribution is -0.128. The third-order valence-corrected chi connectivity index (χ3v) is 4.03. The van der Waals surface area contributed by atoms with Gasteiger partial charge in [-0.3, -0.25) is 29.4 Å². The van der Waals surface area contributed by atoms with Crippen LogP contribution in [-0.4, -0.2) is 35.1 Å². The van der Waals surface area contributed by atoms with Gasteiger partial charge in [0.15, 0.2) is 0 Å². The highest BCUT2D eigenvalue weighted by atomic mass is 19.1. The third kappa shape index (κ3) is 3.98. The fraction of sp³-hybridized carbons (Fsp3) is 0.474. The van der Waals surface area contributed by atoms with Crippen molar-refractivity contribution in [2.45, 2.75) is 59.4 Å². The first kappa shape index (κ1) is 21.5. The van der Waals surface area contributed by atoms with Crippen LogP contribution >= 0.6 is 0 Å². The van der Waals surface area contributed by atoms with Crippen LogP contribution in [0.3, 0.4) is 0 Å². The molecule has 1 aliphatic rings. The molecule has 0 aromatic heterocycles. The van der Waals surface area contributed by atoms with E-state index in [4.69, 9.17) is 0 Å². The molecule has 1 aromatic carbocycles. The van der Waals surface area contributed by atoms with E-state index in [9.17, 15) is 23.6 Å². The molecule has 0 saturated carbocycles. The van der Waals surface area contributed by atoms with Crippen LogP contribution in [0.4, 0.5) is 4.39 Å². The number of carbonyl (C=O) groups is 4. The van der Waals surface area contributed by atoms with E-state index in [-0.39, 0.29) is 29.9 Å². The molecule has 1 heterocycles. The van der Waals surface area contributed by atoms with E-state index in [0.717, 1.165) is 11.0 Å². The Bertz CT molecular complexity index is 716. The molecule has 6 nitrogen and oxygen atoms in total. The number of fused-ring (bicyclic) bond motifs is 1. The Balaban J connectivity index is 0.00000163. The molecule has 4 amide bonds. The monoisotopic (exact) mass is 364 g/mol. The molecule has 0 fully saturated rings. The van der Waals surface area contributed by atoms with E-state index in [2.05, 4.69) is 0 Å². The molecule has 1 aromatic rings. The molecule has 0 bridgehead atoms. The summed E-state index contributed by atoms with van der Waals surface area (Å²) in [5.41, 5.74) is 0.369. The Hall–Kier alpha value is -2.57. The van der Waals surface area contributed by atoms with Crippen LogP contribution in [0.15, 0.2) is 12.1 Å². The van der Waals surface area contributed by atoms with E-state index in [1.165, 1.54) is 6.07 Å². The topological polar surface area (TPSA) is 83.6 Å². The van der Waals surface area contributed by atoms with Crippen molar-refractivity contribution in [1.82, 2.24) is 10.2 Å². The lowest BCUT2D eigenvalue weighted by Gasteiger charge is -2.23. The molecular formula is C19H25FN2O4. The maximum atomic E-state index is 14.1. The van der Waals surface area contributed by atoms with E-state index < -0.39 is 29.6 Å². The Kier molecular flexibility index (Phi) is 7.61. The Morgan fingerprint density at radius 2 is 1.73 bits per heavy atom. The fourth-order valence-corrected chi connectivity index (χ4v) is 2.83. The van der Waals surface area contributed by atoms with E-state index in [0.29, 0.717) is 12.0 Å².